The predicted octanol–water partition coefficient (Wildman–Crippen LogP) is 2.77. The number of aryl methyl sites for hydroxylation is 1. The number of rotatable bonds is 2. The van der Waals surface area contributed by atoms with Crippen molar-refractivity contribution in [3.63, 3.8) is 0 Å². The number of aromatic nitrogens is 4. The van der Waals surface area contributed by atoms with Crippen LogP contribution in [0.3, 0.4) is 0 Å². The van der Waals surface area contributed by atoms with Gasteiger partial charge in [-0.15, -0.1) is 0 Å². The largest absolute Gasteiger partial charge is 0.354 e. The van der Waals surface area contributed by atoms with E-state index in [-0.39, 0.29) is 0 Å². The van der Waals surface area contributed by atoms with Crippen LogP contribution in [0.5, 0.6) is 0 Å². The van der Waals surface area contributed by atoms with Gasteiger partial charge in [0.1, 0.15) is 12.1 Å². The minimum Gasteiger partial charge on any atom is -0.354 e. The quantitative estimate of drug-likeness (QED) is 0.837. The van der Waals surface area contributed by atoms with Gasteiger partial charge in [0.15, 0.2) is 0 Å². The Morgan fingerprint density at radius 1 is 1.19 bits per heavy atom. The van der Waals surface area contributed by atoms with Crippen molar-refractivity contribution in [1.29, 1.82) is 0 Å². The van der Waals surface area contributed by atoms with Crippen molar-refractivity contribution in [2.45, 2.75) is 38.1 Å². The summed E-state index contributed by atoms with van der Waals surface area (Å²) in [4.78, 5) is 11.5. The zero-order valence-electron chi connectivity index (χ0n) is 11.9. The van der Waals surface area contributed by atoms with Crippen LogP contribution in [0.2, 0.25) is 0 Å². The molecule has 0 spiro atoms. The van der Waals surface area contributed by atoms with Crippen molar-refractivity contribution in [1.82, 2.24) is 19.7 Å². The van der Waals surface area contributed by atoms with Crippen LogP contribution in [-0.4, -0.2) is 32.8 Å². The Hall–Kier alpha value is -1.43. The molecule has 2 aromatic rings. The van der Waals surface area contributed by atoms with E-state index in [1.54, 1.807) is 6.33 Å². The van der Waals surface area contributed by atoms with E-state index in [4.69, 9.17) is 0 Å². The van der Waals surface area contributed by atoms with E-state index < -0.39 is 0 Å². The smallest absolute Gasteiger partial charge is 0.135 e. The standard InChI is InChI=1S/C15H18BrN5/c16-11-7-19-21(8-11)12-5-6-20(9-12)15-13-3-1-2-4-14(13)17-10-18-15/h7-8,10,12H,1-6,9H2. The van der Waals surface area contributed by atoms with Crippen LogP contribution in [0.15, 0.2) is 23.2 Å². The van der Waals surface area contributed by atoms with Crippen molar-refractivity contribution in [2.24, 2.45) is 0 Å². The van der Waals surface area contributed by atoms with Crippen LogP contribution in [-0.2, 0) is 12.8 Å². The van der Waals surface area contributed by atoms with Gasteiger partial charge < -0.3 is 4.90 Å². The molecule has 0 radical (unpaired) electrons. The Balaban J connectivity index is 1.58. The molecule has 0 N–H and O–H groups in total. The van der Waals surface area contributed by atoms with Gasteiger partial charge in [-0.25, -0.2) is 9.97 Å². The van der Waals surface area contributed by atoms with E-state index in [0.717, 1.165) is 42.6 Å². The fraction of sp³-hybridized carbons (Fsp3) is 0.533. The molecule has 4 rings (SSSR count). The lowest BCUT2D eigenvalue weighted by Crippen LogP contribution is -2.25. The molecule has 1 saturated heterocycles. The van der Waals surface area contributed by atoms with E-state index in [2.05, 4.69) is 46.8 Å². The third-order valence-electron chi connectivity index (χ3n) is 4.51. The summed E-state index contributed by atoms with van der Waals surface area (Å²) in [5, 5.41) is 4.42. The predicted molar refractivity (Wildman–Crippen MR) is 84.5 cm³/mol. The molecular formula is C15H18BrN5. The minimum absolute atomic E-state index is 0.436. The molecule has 0 aromatic carbocycles. The maximum atomic E-state index is 4.58. The molecule has 0 saturated carbocycles. The Morgan fingerprint density at radius 3 is 2.95 bits per heavy atom. The second kappa shape index (κ2) is 5.40. The van der Waals surface area contributed by atoms with Crippen LogP contribution >= 0.6 is 15.9 Å². The molecule has 3 heterocycles. The first-order chi connectivity index (χ1) is 10.3. The summed E-state index contributed by atoms with van der Waals surface area (Å²) in [6.07, 6.45) is 11.5. The number of hydrogen-bond acceptors (Lipinski definition) is 4. The average Bonchev–Trinajstić information content (AvgIpc) is 3.15. The van der Waals surface area contributed by atoms with Crippen LogP contribution in [0.1, 0.15) is 36.6 Å². The highest BCUT2D eigenvalue weighted by molar-refractivity contribution is 9.10. The molecule has 0 amide bonds. The molecule has 21 heavy (non-hydrogen) atoms. The fourth-order valence-electron chi connectivity index (χ4n) is 3.44. The van der Waals surface area contributed by atoms with E-state index >= 15 is 0 Å². The molecule has 1 fully saturated rings. The monoisotopic (exact) mass is 347 g/mol. The lowest BCUT2D eigenvalue weighted by molar-refractivity contribution is 0.494. The second-order valence-corrected chi connectivity index (χ2v) is 6.77. The minimum atomic E-state index is 0.436. The maximum absolute atomic E-state index is 4.58. The lowest BCUT2D eigenvalue weighted by Gasteiger charge is -2.24. The van der Waals surface area contributed by atoms with Gasteiger partial charge >= 0.3 is 0 Å². The first-order valence-electron chi connectivity index (χ1n) is 7.58. The SMILES string of the molecule is Brc1cnn(C2CCN(c3ncnc4c3CCCC4)C2)c1. The summed E-state index contributed by atoms with van der Waals surface area (Å²) in [5.41, 5.74) is 2.64. The molecule has 2 aromatic heterocycles. The van der Waals surface area contributed by atoms with Crippen molar-refractivity contribution in [2.75, 3.05) is 18.0 Å². The summed E-state index contributed by atoms with van der Waals surface area (Å²) in [7, 11) is 0. The molecule has 110 valence electrons. The zero-order valence-corrected chi connectivity index (χ0v) is 13.5. The summed E-state index contributed by atoms with van der Waals surface area (Å²) in [6.45, 7) is 2.03. The summed E-state index contributed by atoms with van der Waals surface area (Å²) in [6, 6.07) is 0.436. The molecule has 2 aliphatic rings. The van der Waals surface area contributed by atoms with Crippen LogP contribution in [0.25, 0.3) is 0 Å². The fourth-order valence-corrected chi connectivity index (χ4v) is 3.74. The molecule has 1 aliphatic heterocycles. The third-order valence-corrected chi connectivity index (χ3v) is 4.92. The molecule has 5 nitrogen and oxygen atoms in total. The van der Waals surface area contributed by atoms with E-state index in [0.29, 0.717) is 6.04 Å². The number of halogens is 1. The van der Waals surface area contributed by atoms with Gasteiger partial charge in [-0.2, -0.15) is 5.10 Å². The molecule has 6 heteroatoms. The molecule has 1 atom stereocenters. The van der Waals surface area contributed by atoms with Gasteiger partial charge in [0.25, 0.3) is 0 Å². The van der Waals surface area contributed by atoms with Crippen LogP contribution in [0.4, 0.5) is 5.82 Å². The highest BCUT2D eigenvalue weighted by Gasteiger charge is 2.28. The highest BCUT2D eigenvalue weighted by atomic mass is 79.9. The number of hydrogen-bond donors (Lipinski definition) is 0. The van der Waals surface area contributed by atoms with Gasteiger partial charge in [0, 0.05) is 30.5 Å². The van der Waals surface area contributed by atoms with Crippen molar-refractivity contribution in [3.8, 4) is 0 Å². The van der Waals surface area contributed by atoms with Crippen molar-refractivity contribution in [3.05, 3.63) is 34.5 Å². The molecular weight excluding hydrogens is 330 g/mol. The highest BCUT2D eigenvalue weighted by Crippen LogP contribution is 2.32. The number of nitrogens with zero attached hydrogens (tertiary/aromatic N) is 5. The Kier molecular flexibility index (Phi) is 3.41. The van der Waals surface area contributed by atoms with Gasteiger partial charge in [0.2, 0.25) is 0 Å². The molecule has 1 aliphatic carbocycles. The Labute approximate surface area is 132 Å². The topological polar surface area (TPSA) is 46.8 Å². The number of anilines is 1. The average molecular weight is 348 g/mol. The van der Waals surface area contributed by atoms with Crippen molar-refractivity contribution >= 4 is 21.7 Å². The first kappa shape index (κ1) is 13.2. The summed E-state index contributed by atoms with van der Waals surface area (Å²) in [5.74, 6) is 1.16. The Bertz CT molecular complexity index is 653. The van der Waals surface area contributed by atoms with Crippen molar-refractivity contribution < 1.29 is 0 Å². The number of fused-ring (bicyclic) bond motifs is 1. The van der Waals surface area contributed by atoms with E-state index in [1.807, 2.05) is 6.20 Å². The van der Waals surface area contributed by atoms with Crippen LogP contribution < -0.4 is 4.90 Å². The first-order valence-corrected chi connectivity index (χ1v) is 8.38. The van der Waals surface area contributed by atoms with E-state index in [1.165, 1.54) is 24.1 Å². The maximum Gasteiger partial charge on any atom is 0.135 e. The van der Waals surface area contributed by atoms with Gasteiger partial charge in [-0.3, -0.25) is 4.68 Å². The van der Waals surface area contributed by atoms with Gasteiger partial charge in [-0.1, -0.05) is 0 Å². The van der Waals surface area contributed by atoms with Gasteiger partial charge in [0.05, 0.1) is 16.7 Å². The third kappa shape index (κ3) is 2.46. The van der Waals surface area contributed by atoms with Crippen LogP contribution in [0, 0.1) is 0 Å². The summed E-state index contributed by atoms with van der Waals surface area (Å²) < 4.78 is 3.11. The molecule has 1 unspecified atom stereocenters. The zero-order chi connectivity index (χ0) is 14.2. The van der Waals surface area contributed by atoms with E-state index in [9.17, 15) is 0 Å². The second-order valence-electron chi connectivity index (χ2n) is 5.86. The lowest BCUT2D eigenvalue weighted by atomic mass is 9.96. The normalized spacial score (nSPS) is 21.6. The Morgan fingerprint density at radius 2 is 2.10 bits per heavy atom. The molecule has 0 bridgehead atoms. The summed E-state index contributed by atoms with van der Waals surface area (Å²) >= 11 is 3.47. The van der Waals surface area contributed by atoms with Gasteiger partial charge in [-0.05, 0) is 48.0 Å².